The van der Waals surface area contributed by atoms with Gasteiger partial charge in [0.1, 0.15) is 0 Å². The van der Waals surface area contributed by atoms with Crippen LogP contribution in [0.15, 0.2) is 12.3 Å². The van der Waals surface area contributed by atoms with Gasteiger partial charge in [0.2, 0.25) is 0 Å². The Morgan fingerprint density at radius 3 is 2.90 bits per heavy atom. The lowest BCUT2D eigenvalue weighted by Gasteiger charge is -2.20. The lowest BCUT2D eigenvalue weighted by Crippen LogP contribution is -2.30. The van der Waals surface area contributed by atoms with Gasteiger partial charge >= 0.3 is 0 Å². The first kappa shape index (κ1) is 16.7. The van der Waals surface area contributed by atoms with E-state index in [2.05, 4.69) is 29.9 Å². The molecule has 1 aromatic heterocycles. The van der Waals surface area contributed by atoms with E-state index in [9.17, 15) is 0 Å². The molecule has 0 saturated carbocycles. The van der Waals surface area contributed by atoms with E-state index >= 15 is 0 Å². The highest BCUT2D eigenvalue weighted by Gasteiger charge is 2.10. The number of nitrogens with zero attached hydrogens (tertiary/aromatic N) is 3. The highest BCUT2D eigenvalue weighted by atomic mass is 16.5. The number of nitrogens with one attached hydrogen (secondary N) is 1. The summed E-state index contributed by atoms with van der Waals surface area (Å²) in [7, 11) is 1.70. The van der Waals surface area contributed by atoms with Crippen molar-refractivity contribution in [1.29, 1.82) is 5.41 Å². The van der Waals surface area contributed by atoms with E-state index in [1.807, 2.05) is 10.9 Å². The second-order valence-corrected chi connectivity index (χ2v) is 5.09. The topological polar surface area (TPSA) is 80.2 Å². The quantitative estimate of drug-likeness (QED) is 0.504. The van der Waals surface area contributed by atoms with Gasteiger partial charge in [0.05, 0.1) is 18.1 Å². The molecule has 0 amide bonds. The standard InChI is InChI=1S/C14H27N5O/c1-4-12(2)19-8-5-13(17-19)11-18(9-10-20-3)7-6-14(15)16/h5,8,12H,4,6-7,9-11H2,1-3H3,(H3,15,16). The van der Waals surface area contributed by atoms with Crippen LogP contribution < -0.4 is 5.73 Å². The minimum atomic E-state index is 0.220. The van der Waals surface area contributed by atoms with E-state index < -0.39 is 0 Å². The van der Waals surface area contributed by atoms with Crippen molar-refractivity contribution in [2.75, 3.05) is 26.8 Å². The van der Waals surface area contributed by atoms with Gasteiger partial charge in [-0.3, -0.25) is 15.0 Å². The summed E-state index contributed by atoms with van der Waals surface area (Å²) in [5, 5.41) is 11.9. The van der Waals surface area contributed by atoms with Crippen LogP contribution in [0.1, 0.15) is 38.4 Å². The van der Waals surface area contributed by atoms with Gasteiger partial charge in [-0.25, -0.2) is 0 Å². The van der Waals surface area contributed by atoms with Gasteiger partial charge < -0.3 is 10.5 Å². The number of nitrogens with two attached hydrogens (primary N) is 1. The molecule has 3 N–H and O–H groups in total. The van der Waals surface area contributed by atoms with Gasteiger partial charge in [0.25, 0.3) is 0 Å². The first-order chi connectivity index (χ1) is 9.56. The van der Waals surface area contributed by atoms with Gasteiger partial charge in [-0.1, -0.05) is 6.92 Å². The third kappa shape index (κ3) is 5.71. The molecular formula is C14H27N5O. The number of ether oxygens (including phenoxy) is 1. The predicted molar refractivity (Wildman–Crippen MR) is 80.9 cm³/mol. The molecule has 0 saturated heterocycles. The molecule has 1 aromatic rings. The number of methoxy groups -OCH3 is 1. The van der Waals surface area contributed by atoms with Crippen molar-refractivity contribution in [3.05, 3.63) is 18.0 Å². The molecule has 0 spiro atoms. The Morgan fingerprint density at radius 1 is 1.55 bits per heavy atom. The predicted octanol–water partition coefficient (Wildman–Crippen LogP) is 1.63. The summed E-state index contributed by atoms with van der Waals surface area (Å²) in [6.45, 7) is 7.33. The first-order valence-electron chi connectivity index (χ1n) is 7.15. The van der Waals surface area contributed by atoms with Crippen LogP contribution >= 0.6 is 0 Å². The second-order valence-electron chi connectivity index (χ2n) is 5.09. The Kier molecular flexibility index (Phi) is 7.25. The van der Waals surface area contributed by atoms with Crippen molar-refractivity contribution in [2.45, 2.75) is 39.3 Å². The summed E-state index contributed by atoms with van der Waals surface area (Å²) >= 11 is 0. The Hall–Kier alpha value is -1.40. The van der Waals surface area contributed by atoms with Gasteiger partial charge in [-0.2, -0.15) is 5.10 Å². The molecule has 0 bridgehead atoms. The lowest BCUT2D eigenvalue weighted by atomic mass is 10.3. The maximum absolute atomic E-state index is 7.33. The summed E-state index contributed by atoms with van der Waals surface area (Å²) in [6.07, 6.45) is 3.68. The smallest absolute Gasteiger partial charge is 0.0918 e. The zero-order valence-electron chi connectivity index (χ0n) is 12.8. The van der Waals surface area contributed by atoms with Crippen LogP contribution in [-0.4, -0.2) is 47.3 Å². The molecule has 20 heavy (non-hydrogen) atoms. The Balaban J connectivity index is 2.58. The number of aromatic nitrogens is 2. The van der Waals surface area contributed by atoms with Crippen molar-refractivity contribution in [2.24, 2.45) is 5.73 Å². The Labute approximate surface area is 121 Å². The number of hydrogen-bond donors (Lipinski definition) is 2. The maximum Gasteiger partial charge on any atom is 0.0918 e. The summed E-state index contributed by atoms with van der Waals surface area (Å²) < 4.78 is 7.13. The molecule has 6 nitrogen and oxygen atoms in total. The second kappa shape index (κ2) is 8.71. The Bertz CT molecular complexity index is 404. The number of hydrogen-bond acceptors (Lipinski definition) is 4. The fourth-order valence-corrected chi connectivity index (χ4v) is 1.89. The van der Waals surface area contributed by atoms with E-state index in [1.54, 1.807) is 7.11 Å². The van der Waals surface area contributed by atoms with E-state index in [-0.39, 0.29) is 5.84 Å². The monoisotopic (exact) mass is 281 g/mol. The highest BCUT2D eigenvalue weighted by Crippen LogP contribution is 2.10. The molecule has 0 aliphatic rings. The fraction of sp³-hybridized carbons (Fsp3) is 0.714. The molecule has 1 atom stereocenters. The van der Waals surface area contributed by atoms with Gasteiger partial charge in [0.15, 0.2) is 0 Å². The van der Waals surface area contributed by atoms with Crippen LogP contribution in [0, 0.1) is 5.41 Å². The molecule has 114 valence electrons. The van der Waals surface area contributed by atoms with Crippen molar-refractivity contribution in [1.82, 2.24) is 14.7 Å². The van der Waals surface area contributed by atoms with Gasteiger partial charge in [-0.05, 0) is 19.4 Å². The highest BCUT2D eigenvalue weighted by molar-refractivity contribution is 5.76. The van der Waals surface area contributed by atoms with E-state index in [4.69, 9.17) is 15.9 Å². The van der Waals surface area contributed by atoms with Crippen LogP contribution in [0.4, 0.5) is 0 Å². The molecule has 1 unspecified atom stereocenters. The molecule has 1 rings (SSSR count). The molecule has 0 aromatic carbocycles. The molecule has 1 heterocycles. The summed E-state index contributed by atoms with van der Waals surface area (Å²) in [6, 6.07) is 2.48. The molecular weight excluding hydrogens is 254 g/mol. The molecule has 0 aliphatic carbocycles. The zero-order chi connectivity index (χ0) is 15.0. The largest absolute Gasteiger partial charge is 0.388 e. The number of amidine groups is 1. The third-order valence-electron chi connectivity index (χ3n) is 3.40. The minimum Gasteiger partial charge on any atom is -0.388 e. The summed E-state index contributed by atoms with van der Waals surface area (Å²) in [5.41, 5.74) is 6.48. The van der Waals surface area contributed by atoms with Crippen LogP contribution in [0.25, 0.3) is 0 Å². The van der Waals surface area contributed by atoms with Crippen LogP contribution in [-0.2, 0) is 11.3 Å². The molecule has 0 fully saturated rings. The minimum absolute atomic E-state index is 0.220. The van der Waals surface area contributed by atoms with Crippen molar-refractivity contribution in [3.63, 3.8) is 0 Å². The molecule has 6 heteroatoms. The SMILES string of the molecule is CCC(C)n1ccc(CN(CCOC)CCC(=N)N)n1. The lowest BCUT2D eigenvalue weighted by molar-refractivity contribution is 0.144. The van der Waals surface area contributed by atoms with Gasteiger partial charge in [-0.15, -0.1) is 0 Å². The van der Waals surface area contributed by atoms with E-state index in [0.29, 0.717) is 19.1 Å². The van der Waals surface area contributed by atoms with Crippen molar-refractivity contribution < 1.29 is 4.74 Å². The average molecular weight is 281 g/mol. The van der Waals surface area contributed by atoms with Gasteiger partial charge in [0, 0.05) is 45.4 Å². The average Bonchev–Trinajstić information content (AvgIpc) is 2.89. The van der Waals surface area contributed by atoms with Crippen LogP contribution in [0.5, 0.6) is 0 Å². The van der Waals surface area contributed by atoms with Crippen LogP contribution in [0.2, 0.25) is 0 Å². The fourth-order valence-electron chi connectivity index (χ4n) is 1.89. The third-order valence-corrected chi connectivity index (χ3v) is 3.40. The maximum atomic E-state index is 7.33. The summed E-state index contributed by atoms with van der Waals surface area (Å²) in [5.74, 6) is 0.220. The first-order valence-corrected chi connectivity index (χ1v) is 7.15. The van der Waals surface area contributed by atoms with E-state index in [0.717, 1.165) is 31.7 Å². The Morgan fingerprint density at radius 2 is 2.30 bits per heavy atom. The van der Waals surface area contributed by atoms with Crippen molar-refractivity contribution in [3.8, 4) is 0 Å². The van der Waals surface area contributed by atoms with Crippen molar-refractivity contribution >= 4 is 5.84 Å². The normalized spacial score (nSPS) is 12.8. The van der Waals surface area contributed by atoms with Crippen LogP contribution in [0.3, 0.4) is 0 Å². The molecule has 0 aliphatic heterocycles. The van der Waals surface area contributed by atoms with E-state index in [1.165, 1.54) is 0 Å². The number of rotatable bonds is 10. The zero-order valence-corrected chi connectivity index (χ0v) is 12.8. The molecule has 0 radical (unpaired) electrons. The summed E-state index contributed by atoms with van der Waals surface area (Å²) in [4.78, 5) is 2.22.